The molecule has 2 heterocycles. The van der Waals surface area contributed by atoms with Crippen LogP contribution in [0.4, 0.5) is 0 Å². The van der Waals surface area contributed by atoms with Gasteiger partial charge in [-0.2, -0.15) is 0 Å². The summed E-state index contributed by atoms with van der Waals surface area (Å²) in [5.41, 5.74) is 8.13. The van der Waals surface area contributed by atoms with Crippen LogP contribution < -0.4 is 5.73 Å². The Balaban J connectivity index is 2.06. The highest BCUT2D eigenvalue weighted by Gasteiger charge is 2.10. The topological polar surface area (TPSA) is 78.9 Å². The Morgan fingerprint density at radius 3 is 2.89 bits per heavy atom. The Morgan fingerprint density at radius 2 is 2.26 bits per heavy atom. The molecule has 0 aliphatic carbocycles. The predicted molar refractivity (Wildman–Crippen MR) is 77.3 cm³/mol. The zero-order valence-corrected chi connectivity index (χ0v) is 11.9. The van der Waals surface area contributed by atoms with E-state index in [9.17, 15) is 0 Å². The van der Waals surface area contributed by atoms with E-state index in [0.717, 1.165) is 22.8 Å². The second-order valence-electron chi connectivity index (χ2n) is 4.45. The number of pyridine rings is 1. The van der Waals surface area contributed by atoms with E-state index in [2.05, 4.69) is 20.2 Å². The maximum Gasteiger partial charge on any atom is 0.142 e. The summed E-state index contributed by atoms with van der Waals surface area (Å²) in [6.45, 7) is 3.47. The lowest BCUT2D eigenvalue weighted by molar-refractivity contribution is 0.315. The van der Waals surface area contributed by atoms with Crippen molar-refractivity contribution in [2.45, 2.75) is 20.0 Å². The minimum atomic E-state index is 0.00787. The first-order chi connectivity index (χ1) is 9.06. The number of rotatable bonds is 5. The van der Waals surface area contributed by atoms with Gasteiger partial charge in [-0.15, -0.1) is 11.3 Å². The van der Waals surface area contributed by atoms with Gasteiger partial charge < -0.3 is 5.73 Å². The molecular formula is C13H17N5S. The van der Waals surface area contributed by atoms with E-state index in [1.165, 1.54) is 0 Å². The Labute approximate surface area is 116 Å². The highest BCUT2D eigenvalue weighted by atomic mass is 32.1. The summed E-state index contributed by atoms with van der Waals surface area (Å²) in [5.74, 6) is 0.00787. The van der Waals surface area contributed by atoms with E-state index >= 15 is 0 Å². The molecule has 2 aromatic heterocycles. The molecule has 0 spiro atoms. The number of nitrogens with one attached hydrogen (secondary N) is 1. The second-order valence-corrected chi connectivity index (χ2v) is 5.52. The number of aryl methyl sites for hydroxylation is 1. The van der Waals surface area contributed by atoms with Crippen molar-refractivity contribution in [2.75, 3.05) is 7.05 Å². The summed E-state index contributed by atoms with van der Waals surface area (Å²) in [6.07, 6.45) is 1.66. The van der Waals surface area contributed by atoms with Crippen LogP contribution in [0, 0.1) is 12.3 Å². The molecule has 5 nitrogen and oxygen atoms in total. The van der Waals surface area contributed by atoms with E-state index in [4.69, 9.17) is 11.1 Å². The molecule has 0 aliphatic rings. The first-order valence-corrected chi connectivity index (χ1v) is 6.82. The smallest absolute Gasteiger partial charge is 0.142 e. The van der Waals surface area contributed by atoms with Gasteiger partial charge in [0.2, 0.25) is 0 Å². The summed E-state index contributed by atoms with van der Waals surface area (Å²) in [4.78, 5) is 10.7. The number of nitrogen functional groups attached to an aromatic ring is 1. The zero-order valence-electron chi connectivity index (χ0n) is 11.1. The Kier molecular flexibility index (Phi) is 4.24. The van der Waals surface area contributed by atoms with Crippen LogP contribution in [0.15, 0.2) is 23.7 Å². The van der Waals surface area contributed by atoms with Gasteiger partial charge in [0.1, 0.15) is 11.5 Å². The van der Waals surface area contributed by atoms with Crippen molar-refractivity contribution in [3.63, 3.8) is 0 Å². The van der Waals surface area contributed by atoms with Crippen LogP contribution in [0.1, 0.15) is 22.0 Å². The highest BCUT2D eigenvalue weighted by molar-refractivity contribution is 7.09. The van der Waals surface area contributed by atoms with Gasteiger partial charge in [-0.1, -0.05) is 6.07 Å². The molecule has 0 fully saturated rings. The minimum Gasteiger partial charge on any atom is -0.382 e. The third kappa shape index (κ3) is 3.59. The average molecular weight is 275 g/mol. The number of aromatic nitrogens is 2. The lowest BCUT2D eigenvalue weighted by atomic mass is 10.1. The predicted octanol–water partition coefficient (Wildman–Crippen LogP) is 1.76. The minimum absolute atomic E-state index is 0.00787. The van der Waals surface area contributed by atoms with Gasteiger partial charge in [0, 0.05) is 24.7 Å². The molecular weight excluding hydrogens is 258 g/mol. The second kappa shape index (κ2) is 5.90. The number of amidine groups is 1. The number of hydrogen-bond acceptors (Lipinski definition) is 5. The van der Waals surface area contributed by atoms with E-state index in [-0.39, 0.29) is 5.84 Å². The van der Waals surface area contributed by atoms with Crippen molar-refractivity contribution < 1.29 is 0 Å². The summed E-state index contributed by atoms with van der Waals surface area (Å²) in [5, 5.41) is 10.7. The van der Waals surface area contributed by atoms with Gasteiger partial charge >= 0.3 is 0 Å². The normalized spacial score (nSPS) is 10.9. The molecule has 100 valence electrons. The summed E-state index contributed by atoms with van der Waals surface area (Å²) in [6, 6.07) is 3.81. The maximum atomic E-state index is 7.53. The van der Waals surface area contributed by atoms with Crippen LogP contribution in [-0.2, 0) is 13.1 Å². The molecule has 0 saturated heterocycles. The summed E-state index contributed by atoms with van der Waals surface area (Å²) in [7, 11) is 2.02. The van der Waals surface area contributed by atoms with Crippen LogP contribution >= 0.6 is 11.3 Å². The average Bonchev–Trinajstić information content (AvgIpc) is 2.75. The quantitative estimate of drug-likeness (QED) is 0.644. The van der Waals surface area contributed by atoms with Crippen molar-refractivity contribution in [1.82, 2.24) is 14.9 Å². The molecule has 2 rings (SSSR count). The molecule has 0 aliphatic heterocycles. The van der Waals surface area contributed by atoms with Crippen molar-refractivity contribution in [2.24, 2.45) is 5.73 Å². The molecule has 0 bridgehead atoms. The van der Waals surface area contributed by atoms with Crippen LogP contribution in [0.2, 0.25) is 0 Å². The van der Waals surface area contributed by atoms with Crippen LogP contribution in [-0.4, -0.2) is 27.8 Å². The fourth-order valence-corrected chi connectivity index (χ4v) is 2.52. The van der Waals surface area contributed by atoms with Crippen molar-refractivity contribution in [1.29, 1.82) is 5.41 Å². The number of nitrogens with zero attached hydrogens (tertiary/aromatic N) is 3. The Morgan fingerprint density at radius 1 is 1.47 bits per heavy atom. The highest BCUT2D eigenvalue weighted by Crippen LogP contribution is 2.13. The third-order valence-electron chi connectivity index (χ3n) is 2.69. The molecule has 0 aromatic carbocycles. The molecule has 19 heavy (non-hydrogen) atoms. The van der Waals surface area contributed by atoms with Gasteiger partial charge in [-0.25, -0.2) is 4.98 Å². The fourth-order valence-electron chi connectivity index (χ4n) is 1.91. The lowest BCUT2D eigenvalue weighted by Crippen LogP contribution is -2.22. The van der Waals surface area contributed by atoms with Crippen molar-refractivity contribution in [3.8, 4) is 0 Å². The Bertz CT molecular complexity index is 578. The van der Waals surface area contributed by atoms with Gasteiger partial charge in [-0.3, -0.25) is 15.3 Å². The first kappa shape index (κ1) is 13.6. The van der Waals surface area contributed by atoms with Crippen LogP contribution in [0.5, 0.6) is 0 Å². The first-order valence-electron chi connectivity index (χ1n) is 5.94. The monoisotopic (exact) mass is 275 g/mol. The van der Waals surface area contributed by atoms with E-state index < -0.39 is 0 Å². The lowest BCUT2D eigenvalue weighted by Gasteiger charge is -2.16. The molecule has 0 unspecified atom stereocenters. The molecule has 0 atom stereocenters. The number of nitrogens with two attached hydrogens (primary N) is 1. The summed E-state index contributed by atoms with van der Waals surface area (Å²) < 4.78 is 0. The fraction of sp³-hybridized carbons (Fsp3) is 0.308. The van der Waals surface area contributed by atoms with E-state index in [0.29, 0.717) is 12.2 Å². The van der Waals surface area contributed by atoms with Gasteiger partial charge in [0.15, 0.2) is 0 Å². The van der Waals surface area contributed by atoms with Gasteiger partial charge in [0.05, 0.1) is 10.7 Å². The van der Waals surface area contributed by atoms with Crippen LogP contribution in [0.25, 0.3) is 0 Å². The molecule has 2 aromatic rings. The van der Waals surface area contributed by atoms with E-state index in [1.54, 1.807) is 17.5 Å². The molecule has 0 amide bonds. The molecule has 0 radical (unpaired) electrons. The standard InChI is InChI=1S/C13H17N5S/c1-9-17-11(8-19-9)7-18(2)6-10-4-3-5-16-12(10)13(14)15/h3-5,8H,6-7H2,1-2H3,(H3,14,15). The van der Waals surface area contributed by atoms with E-state index in [1.807, 2.05) is 26.1 Å². The SMILES string of the molecule is Cc1nc(CN(C)Cc2cccnc2C(=N)N)cs1. The summed E-state index contributed by atoms with van der Waals surface area (Å²) >= 11 is 1.66. The maximum absolute atomic E-state index is 7.53. The third-order valence-corrected chi connectivity index (χ3v) is 3.51. The molecule has 3 N–H and O–H groups in total. The Hall–Kier alpha value is -1.79. The number of hydrogen-bond donors (Lipinski definition) is 2. The zero-order chi connectivity index (χ0) is 13.8. The van der Waals surface area contributed by atoms with Gasteiger partial charge in [0.25, 0.3) is 0 Å². The van der Waals surface area contributed by atoms with Crippen molar-refractivity contribution >= 4 is 17.2 Å². The molecule has 0 saturated carbocycles. The van der Waals surface area contributed by atoms with Crippen molar-refractivity contribution in [3.05, 3.63) is 45.7 Å². The number of thiazole rings is 1. The van der Waals surface area contributed by atoms with Crippen LogP contribution in [0.3, 0.4) is 0 Å². The largest absolute Gasteiger partial charge is 0.382 e. The molecule has 6 heteroatoms. The van der Waals surface area contributed by atoms with Gasteiger partial charge in [-0.05, 0) is 25.6 Å².